The number of carbonyl (C=O) groups is 1. The van der Waals surface area contributed by atoms with E-state index in [1.807, 2.05) is 43.0 Å². The van der Waals surface area contributed by atoms with Crippen LogP contribution in [0.3, 0.4) is 0 Å². The average Bonchev–Trinajstić information content (AvgIpc) is 3.02. The van der Waals surface area contributed by atoms with E-state index in [2.05, 4.69) is 26.3 Å². The van der Waals surface area contributed by atoms with Crippen molar-refractivity contribution < 1.29 is 4.79 Å². The second kappa shape index (κ2) is 6.54. The maximum absolute atomic E-state index is 12.0. The molecule has 6 heteroatoms. The highest BCUT2D eigenvalue weighted by molar-refractivity contribution is 9.10. The first kappa shape index (κ1) is 15.3. The first-order valence-corrected chi connectivity index (χ1v) is 8.18. The van der Waals surface area contributed by atoms with Gasteiger partial charge in [-0.3, -0.25) is 9.48 Å². The molecule has 0 aliphatic rings. The number of carbonyl (C=O) groups excluding carboxylic acids is 1. The number of amides is 1. The fourth-order valence-corrected chi connectivity index (χ4v) is 3.04. The van der Waals surface area contributed by atoms with E-state index in [9.17, 15) is 4.79 Å². The molecule has 0 aromatic carbocycles. The van der Waals surface area contributed by atoms with Crippen molar-refractivity contribution in [2.24, 2.45) is 0 Å². The van der Waals surface area contributed by atoms with Gasteiger partial charge in [0.05, 0.1) is 22.8 Å². The van der Waals surface area contributed by atoms with Gasteiger partial charge in [0.2, 0.25) is 5.91 Å². The van der Waals surface area contributed by atoms with Crippen LogP contribution in [0.25, 0.3) is 0 Å². The number of hydrogen-bond donors (Lipinski definition) is 1. The third-order valence-corrected chi connectivity index (χ3v) is 5.39. The lowest BCUT2D eigenvalue weighted by Crippen LogP contribution is -2.27. The van der Waals surface area contributed by atoms with Gasteiger partial charge in [-0.25, -0.2) is 0 Å². The van der Waals surface area contributed by atoms with Crippen LogP contribution in [0.1, 0.15) is 35.7 Å². The average molecular weight is 356 g/mol. The van der Waals surface area contributed by atoms with Crippen molar-refractivity contribution in [3.63, 3.8) is 0 Å². The largest absolute Gasteiger partial charge is 0.349 e. The monoisotopic (exact) mass is 355 g/mol. The maximum atomic E-state index is 12.0. The highest BCUT2D eigenvalue weighted by Gasteiger charge is 2.12. The van der Waals surface area contributed by atoms with Crippen LogP contribution in [0.4, 0.5) is 0 Å². The molecule has 108 valence electrons. The molecule has 1 unspecified atom stereocenters. The minimum absolute atomic E-state index is 0.0505. The Morgan fingerprint density at radius 2 is 2.30 bits per heavy atom. The normalized spacial score (nSPS) is 12.4. The van der Waals surface area contributed by atoms with Crippen LogP contribution in [0, 0.1) is 13.8 Å². The topological polar surface area (TPSA) is 46.9 Å². The fourth-order valence-electron chi connectivity index (χ4n) is 2.02. The van der Waals surface area contributed by atoms with E-state index in [0.717, 1.165) is 15.9 Å². The minimum Gasteiger partial charge on any atom is -0.349 e. The smallest absolute Gasteiger partial charge is 0.222 e. The van der Waals surface area contributed by atoms with Crippen LogP contribution in [0.2, 0.25) is 0 Å². The summed E-state index contributed by atoms with van der Waals surface area (Å²) in [7, 11) is 0. The Hall–Kier alpha value is -1.14. The maximum Gasteiger partial charge on any atom is 0.222 e. The molecule has 0 saturated carbocycles. The SMILES string of the molecule is Cc1nn(CCC(=O)NC(C)c2cccs2)c(C)c1Br. The van der Waals surface area contributed by atoms with Gasteiger partial charge in [-0.1, -0.05) is 6.07 Å². The molecule has 2 aromatic heterocycles. The molecule has 0 bridgehead atoms. The molecule has 0 radical (unpaired) electrons. The van der Waals surface area contributed by atoms with Crippen LogP contribution in [-0.4, -0.2) is 15.7 Å². The van der Waals surface area contributed by atoms with Gasteiger partial charge in [0.25, 0.3) is 0 Å². The number of hydrogen-bond acceptors (Lipinski definition) is 3. The summed E-state index contributed by atoms with van der Waals surface area (Å²) in [6.07, 6.45) is 0.435. The highest BCUT2D eigenvalue weighted by Crippen LogP contribution is 2.20. The van der Waals surface area contributed by atoms with Crippen molar-refractivity contribution >= 4 is 33.2 Å². The standard InChI is InChI=1S/C14H18BrN3OS/c1-9(12-5-4-8-20-12)16-13(19)6-7-18-11(3)14(15)10(2)17-18/h4-5,8-9H,6-7H2,1-3H3,(H,16,19). The fraction of sp³-hybridized carbons (Fsp3) is 0.429. The summed E-state index contributed by atoms with van der Waals surface area (Å²) < 4.78 is 2.89. The zero-order valence-electron chi connectivity index (χ0n) is 11.8. The van der Waals surface area contributed by atoms with E-state index in [4.69, 9.17) is 0 Å². The third-order valence-electron chi connectivity index (χ3n) is 3.19. The predicted molar refractivity (Wildman–Crippen MR) is 84.9 cm³/mol. The van der Waals surface area contributed by atoms with Crippen LogP contribution < -0.4 is 5.32 Å². The van der Waals surface area contributed by atoms with Gasteiger partial charge in [0, 0.05) is 17.0 Å². The Morgan fingerprint density at radius 3 is 2.85 bits per heavy atom. The Balaban J connectivity index is 1.87. The van der Waals surface area contributed by atoms with Gasteiger partial charge < -0.3 is 5.32 Å². The zero-order chi connectivity index (χ0) is 14.7. The van der Waals surface area contributed by atoms with E-state index in [-0.39, 0.29) is 11.9 Å². The number of aromatic nitrogens is 2. The van der Waals surface area contributed by atoms with Crippen LogP contribution in [0.15, 0.2) is 22.0 Å². The lowest BCUT2D eigenvalue weighted by atomic mass is 10.2. The van der Waals surface area contributed by atoms with E-state index in [0.29, 0.717) is 13.0 Å². The minimum atomic E-state index is 0.0505. The van der Waals surface area contributed by atoms with Crippen molar-refractivity contribution in [2.75, 3.05) is 0 Å². The van der Waals surface area contributed by atoms with E-state index < -0.39 is 0 Å². The second-order valence-electron chi connectivity index (χ2n) is 4.76. The predicted octanol–water partition coefficient (Wildman–Crippen LogP) is 3.59. The number of nitrogens with one attached hydrogen (secondary N) is 1. The van der Waals surface area contributed by atoms with Gasteiger partial charge in [0.15, 0.2) is 0 Å². The number of thiophene rings is 1. The van der Waals surface area contributed by atoms with Crippen LogP contribution in [-0.2, 0) is 11.3 Å². The lowest BCUT2D eigenvalue weighted by Gasteiger charge is -2.12. The van der Waals surface area contributed by atoms with Crippen molar-refractivity contribution in [3.05, 3.63) is 38.3 Å². The molecule has 2 heterocycles. The van der Waals surface area contributed by atoms with Gasteiger partial charge in [0.1, 0.15) is 0 Å². The molecular formula is C14H18BrN3OS. The van der Waals surface area contributed by atoms with E-state index >= 15 is 0 Å². The quantitative estimate of drug-likeness (QED) is 0.890. The van der Waals surface area contributed by atoms with Gasteiger partial charge in [-0.15, -0.1) is 11.3 Å². The Bertz CT molecular complexity index is 592. The molecule has 0 spiro atoms. The lowest BCUT2D eigenvalue weighted by molar-refractivity contribution is -0.122. The van der Waals surface area contributed by atoms with Gasteiger partial charge >= 0.3 is 0 Å². The summed E-state index contributed by atoms with van der Waals surface area (Å²) in [4.78, 5) is 13.1. The molecular weight excluding hydrogens is 338 g/mol. The molecule has 1 amide bonds. The molecule has 2 rings (SSSR count). The molecule has 4 nitrogen and oxygen atoms in total. The van der Waals surface area contributed by atoms with Crippen molar-refractivity contribution in [2.45, 2.75) is 39.8 Å². The Labute approximate surface area is 131 Å². The zero-order valence-corrected chi connectivity index (χ0v) is 14.2. The Morgan fingerprint density at radius 1 is 1.55 bits per heavy atom. The summed E-state index contributed by atoms with van der Waals surface area (Å²) in [6, 6.07) is 4.10. The highest BCUT2D eigenvalue weighted by atomic mass is 79.9. The molecule has 2 aromatic rings. The summed E-state index contributed by atoms with van der Waals surface area (Å²) in [5.41, 5.74) is 2.01. The molecule has 0 fully saturated rings. The van der Waals surface area contributed by atoms with E-state index in [1.165, 1.54) is 4.88 Å². The van der Waals surface area contributed by atoms with Crippen LogP contribution >= 0.6 is 27.3 Å². The number of nitrogens with zero attached hydrogens (tertiary/aromatic N) is 2. The number of halogens is 1. The summed E-state index contributed by atoms with van der Waals surface area (Å²) >= 11 is 5.15. The summed E-state index contributed by atoms with van der Waals surface area (Å²) in [5, 5.41) is 9.43. The van der Waals surface area contributed by atoms with Gasteiger partial charge in [-0.2, -0.15) is 5.10 Å². The molecule has 20 heavy (non-hydrogen) atoms. The molecule has 0 saturated heterocycles. The summed E-state index contributed by atoms with van der Waals surface area (Å²) in [6.45, 7) is 6.55. The second-order valence-corrected chi connectivity index (χ2v) is 6.53. The first-order chi connectivity index (χ1) is 9.49. The Kier molecular flexibility index (Phi) is 4.99. The summed E-state index contributed by atoms with van der Waals surface area (Å²) in [5.74, 6) is 0.0505. The van der Waals surface area contributed by atoms with Crippen molar-refractivity contribution in [1.82, 2.24) is 15.1 Å². The van der Waals surface area contributed by atoms with Crippen molar-refractivity contribution in [3.8, 4) is 0 Å². The molecule has 0 aliphatic carbocycles. The van der Waals surface area contributed by atoms with E-state index in [1.54, 1.807) is 11.3 Å². The molecule has 1 atom stereocenters. The molecule has 1 N–H and O–H groups in total. The van der Waals surface area contributed by atoms with Gasteiger partial charge in [-0.05, 0) is 48.1 Å². The number of aryl methyl sites for hydroxylation is 2. The van der Waals surface area contributed by atoms with Crippen molar-refractivity contribution in [1.29, 1.82) is 0 Å². The first-order valence-electron chi connectivity index (χ1n) is 6.51. The third kappa shape index (κ3) is 3.49. The number of rotatable bonds is 5. The van der Waals surface area contributed by atoms with Crippen LogP contribution in [0.5, 0.6) is 0 Å². The molecule has 0 aliphatic heterocycles.